The molecule has 57 heavy (non-hydrogen) atoms. The molecule has 13 N–H and O–H groups in total. The van der Waals surface area contributed by atoms with Gasteiger partial charge < -0.3 is 123 Å². The van der Waals surface area contributed by atoms with Crippen LogP contribution in [0.25, 0.3) is 0 Å². The normalized spacial score (nSPS) is 52.3. The van der Waals surface area contributed by atoms with E-state index in [1.165, 1.54) is 0 Å². The fourth-order valence-corrected chi connectivity index (χ4v) is 7.20. The minimum atomic E-state index is -1.87. The number of aliphatic hydroxyl groups is 13. The van der Waals surface area contributed by atoms with Gasteiger partial charge in [0.25, 0.3) is 0 Å². The second-order valence-electron chi connectivity index (χ2n) is 14.4. The number of rotatable bonds is 14. The Morgan fingerprint density at radius 1 is 0.404 bits per heavy atom. The first-order valence-electron chi connectivity index (χ1n) is 18.6. The summed E-state index contributed by atoms with van der Waals surface area (Å²) in [6, 6.07) is 0. The molecule has 0 amide bonds. The predicted molar refractivity (Wildman–Crippen MR) is 173 cm³/mol. The average Bonchev–Trinajstić information content (AvgIpc) is 3.63. The van der Waals surface area contributed by atoms with Gasteiger partial charge >= 0.3 is 0 Å². The predicted octanol–water partition coefficient (Wildman–Crippen LogP) is -9.22. The first-order valence-corrected chi connectivity index (χ1v) is 18.6. The molecule has 332 valence electrons. The molecule has 0 aromatic heterocycles. The maximum Gasteiger partial charge on any atom is 0.187 e. The molecule has 0 aromatic rings. The fraction of sp³-hybridized carbons (Fsp3) is 1.00. The van der Waals surface area contributed by atoms with Crippen molar-refractivity contribution in [2.24, 2.45) is 0 Å². The Labute approximate surface area is 324 Å². The summed E-state index contributed by atoms with van der Waals surface area (Å²) >= 11 is 0. The Bertz CT molecular complexity index is 1240. The second kappa shape index (κ2) is 19.8. The van der Waals surface area contributed by atoms with E-state index in [1.807, 2.05) is 0 Å². The molecule has 0 aliphatic carbocycles. The highest BCUT2D eigenvalue weighted by Gasteiger charge is 2.54. The third kappa shape index (κ3) is 9.73. The van der Waals surface area contributed by atoms with Crippen LogP contribution in [0.1, 0.15) is 6.92 Å². The average molecular weight is 839 g/mol. The highest BCUT2D eigenvalue weighted by Crippen LogP contribution is 2.34. The van der Waals surface area contributed by atoms with Gasteiger partial charge in [-0.05, 0) is 6.92 Å². The summed E-state index contributed by atoms with van der Waals surface area (Å²) in [6.45, 7) is -1.32. The Morgan fingerprint density at radius 3 is 1.26 bits per heavy atom. The van der Waals surface area contributed by atoms with Crippen LogP contribution in [0.2, 0.25) is 0 Å². The van der Waals surface area contributed by atoms with Gasteiger partial charge in [0.05, 0.1) is 39.6 Å². The molecule has 24 atom stereocenters. The molecule has 0 bridgehead atoms. The molecule has 6 heterocycles. The van der Waals surface area contributed by atoms with Gasteiger partial charge in [0, 0.05) is 6.61 Å². The van der Waals surface area contributed by atoms with Gasteiger partial charge in [0.15, 0.2) is 37.7 Å². The molecule has 0 spiro atoms. The summed E-state index contributed by atoms with van der Waals surface area (Å²) in [5.74, 6) is 0. The summed E-state index contributed by atoms with van der Waals surface area (Å²) in [5, 5.41) is 135. The maximum atomic E-state index is 11.4. The molecule has 6 fully saturated rings. The van der Waals surface area contributed by atoms with Crippen molar-refractivity contribution < 1.29 is 123 Å². The lowest BCUT2D eigenvalue weighted by atomic mass is 10.0. The molecule has 24 unspecified atom stereocenters. The van der Waals surface area contributed by atoms with E-state index < -0.39 is 181 Å². The quantitative estimate of drug-likeness (QED) is 0.0772. The monoisotopic (exact) mass is 838 g/mol. The van der Waals surface area contributed by atoms with Gasteiger partial charge in [-0.1, -0.05) is 0 Å². The Kier molecular flexibility index (Phi) is 15.8. The summed E-state index contributed by atoms with van der Waals surface area (Å²) in [7, 11) is 0. The molecule has 6 aliphatic rings. The van der Waals surface area contributed by atoms with E-state index in [0.29, 0.717) is 0 Å². The SMILES string of the molecule is CCOC1OCC(OC2OCC(OC3OCC(OC4OCC(O)C(O)C4O)C(OC4OC(CO)C(O)C4O)C3O)C(O)C2O)C(OC2OC(CO)C(O)C2O)C1O. The maximum absolute atomic E-state index is 11.4. The lowest BCUT2D eigenvalue weighted by Gasteiger charge is -2.46. The van der Waals surface area contributed by atoms with Crippen molar-refractivity contribution in [3.05, 3.63) is 0 Å². The molecular formula is C32H54O25. The summed E-state index contributed by atoms with van der Waals surface area (Å²) in [5.41, 5.74) is 0. The number of hydrogen-bond acceptors (Lipinski definition) is 25. The zero-order valence-electron chi connectivity index (χ0n) is 30.5. The van der Waals surface area contributed by atoms with Gasteiger partial charge in [0.2, 0.25) is 0 Å². The molecule has 6 saturated heterocycles. The lowest BCUT2D eigenvalue weighted by molar-refractivity contribution is -0.371. The highest BCUT2D eigenvalue weighted by molar-refractivity contribution is 4.95. The van der Waals surface area contributed by atoms with Crippen LogP contribution in [-0.4, -0.2) is 260 Å². The molecule has 6 rings (SSSR count). The first-order chi connectivity index (χ1) is 27.2. The van der Waals surface area contributed by atoms with E-state index in [-0.39, 0.29) is 13.2 Å². The smallest absolute Gasteiger partial charge is 0.187 e. The topological polar surface area (TPSA) is 374 Å². The Hall–Kier alpha value is -1.00. The molecule has 0 saturated carbocycles. The van der Waals surface area contributed by atoms with E-state index >= 15 is 0 Å². The molecule has 0 radical (unpaired) electrons. The van der Waals surface area contributed by atoms with E-state index in [2.05, 4.69) is 0 Å². The van der Waals surface area contributed by atoms with Crippen molar-refractivity contribution >= 4 is 0 Å². The third-order valence-electron chi connectivity index (χ3n) is 10.5. The first kappa shape index (κ1) is 45.5. The number of hydrogen-bond donors (Lipinski definition) is 13. The minimum absolute atomic E-state index is 0.128. The number of ether oxygens (including phenoxy) is 12. The molecule has 6 aliphatic heterocycles. The van der Waals surface area contributed by atoms with Crippen LogP contribution in [-0.2, 0) is 56.8 Å². The van der Waals surface area contributed by atoms with E-state index in [9.17, 15) is 66.4 Å². The summed E-state index contributed by atoms with van der Waals surface area (Å²) in [6.07, 6.45) is -37.1. The van der Waals surface area contributed by atoms with Gasteiger partial charge in [-0.3, -0.25) is 0 Å². The van der Waals surface area contributed by atoms with Crippen LogP contribution in [0.4, 0.5) is 0 Å². The van der Waals surface area contributed by atoms with Crippen molar-refractivity contribution in [3.63, 3.8) is 0 Å². The Balaban J connectivity index is 1.10. The van der Waals surface area contributed by atoms with Gasteiger partial charge in [-0.15, -0.1) is 0 Å². The van der Waals surface area contributed by atoms with Crippen LogP contribution in [0.3, 0.4) is 0 Å². The van der Waals surface area contributed by atoms with E-state index in [1.54, 1.807) is 6.92 Å². The lowest BCUT2D eigenvalue weighted by Crippen LogP contribution is -2.63. The molecular weight excluding hydrogens is 784 g/mol. The van der Waals surface area contributed by atoms with Crippen LogP contribution >= 0.6 is 0 Å². The van der Waals surface area contributed by atoms with Crippen LogP contribution in [0.15, 0.2) is 0 Å². The Morgan fingerprint density at radius 2 is 0.789 bits per heavy atom. The van der Waals surface area contributed by atoms with E-state index in [0.717, 1.165) is 0 Å². The van der Waals surface area contributed by atoms with Crippen molar-refractivity contribution in [2.75, 3.05) is 46.2 Å². The van der Waals surface area contributed by atoms with Gasteiger partial charge in [-0.2, -0.15) is 0 Å². The van der Waals surface area contributed by atoms with Crippen LogP contribution in [0, 0.1) is 0 Å². The largest absolute Gasteiger partial charge is 0.394 e. The van der Waals surface area contributed by atoms with Gasteiger partial charge in [0.1, 0.15) is 110 Å². The standard InChI is InChI=1S/C32H54O25/c1-2-46-27-23(44)25(56-31-21(42)16(37)10(3-33)51-31)13(7-48-27)55-29-20(41)18(39)12(6-49-29)53-30-24(45)26(57-32-22(43)17(38)11(4-34)52-32)14(8-50-30)54-28-19(40)15(36)9(35)5-47-28/h9-45H,2-8H2,1H3. The van der Waals surface area contributed by atoms with Gasteiger partial charge in [-0.25, -0.2) is 0 Å². The van der Waals surface area contributed by atoms with Crippen molar-refractivity contribution in [1.29, 1.82) is 0 Å². The van der Waals surface area contributed by atoms with Crippen molar-refractivity contribution in [1.82, 2.24) is 0 Å². The van der Waals surface area contributed by atoms with Crippen molar-refractivity contribution in [3.8, 4) is 0 Å². The van der Waals surface area contributed by atoms with Crippen molar-refractivity contribution in [2.45, 2.75) is 155 Å². The van der Waals surface area contributed by atoms with Crippen LogP contribution in [0.5, 0.6) is 0 Å². The number of aliphatic hydroxyl groups excluding tert-OH is 13. The summed E-state index contributed by atoms with van der Waals surface area (Å²) < 4.78 is 67.4. The molecule has 0 aromatic carbocycles. The summed E-state index contributed by atoms with van der Waals surface area (Å²) in [4.78, 5) is 0. The molecule has 25 heteroatoms. The molecule has 25 nitrogen and oxygen atoms in total. The zero-order valence-corrected chi connectivity index (χ0v) is 30.5. The fourth-order valence-electron chi connectivity index (χ4n) is 7.20. The third-order valence-corrected chi connectivity index (χ3v) is 10.5. The minimum Gasteiger partial charge on any atom is -0.394 e. The zero-order chi connectivity index (χ0) is 41.3. The van der Waals surface area contributed by atoms with E-state index in [4.69, 9.17) is 56.8 Å². The second-order valence-corrected chi connectivity index (χ2v) is 14.4. The van der Waals surface area contributed by atoms with Crippen LogP contribution < -0.4 is 0 Å². The highest BCUT2D eigenvalue weighted by atomic mass is 16.8.